The van der Waals surface area contributed by atoms with Crippen molar-refractivity contribution in [3.8, 4) is 0 Å². The van der Waals surface area contributed by atoms with Gasteiger partial charge in [0.2, 0.25) is 5.91 Å². The van der Waals surface area contributed by atoms with Gasteiger partial charge in [-0.25, -0.2) is 0 Å². The Morgan fingerprint density at radius 1 is 1.41 bits per heavy atom. The van der Waals surface area contributed by atoms with Crippen molar-refractivity contribution in [1.82, 2.24) is 9.88 Å². The lowest BCUT2D eigenvalue weighted by Crippen LogP contribution is -2.51. The van der Waals surface area contributed by atoms with Gasteiger partial charge in [0.1, 0.15) is 0 Å². The minimum Gasteiger partial charge on any atom is -0.366 e. The number of carbonyl (C=O) groups is 2. The lowest BCUT2D eigenvalue weighted by atomic mass is 9.80. The van der Waals surface area contributed by atoms with Gasteiger partial charge in [-0.15, -0.1) is 0 Å². The smallest absolute Gasteiger partial charge is 0.250 e. The maximum Gasteiger partial charge on any atom is 0.250 e. The van der Waals surface area contributed by atoms with Crippen LogP contribution in [0.4, 0.5) is 0 Å². The van der Waals surface area contributed by atoms with Gasteiger partial charge in [-0.05, 0) is 29.7 Å². The fraction of sp³-hybridized carbons (Fsp3) is 0.294. The van der Waals surface area contributed by atoms with Gasteiger partial charge in [-0.2, -0.15) is 0 Å². The molecule has 1 atom stereocenters. The monoisotopic (exact) mass is 297 g/mol. The highest BCUT2D eigenvalue weighted by atomic mass is 16.2. The van der Waals surface area contributed by atoms with Crippen molar-refractivity contribution in [3.05, 3.63) is 48.2 Å². The Labute approximate surface area is 128 Å². The van der Waals surface area contributed by atoms with Crippen LogP contribution >= 0.6 is 0 Å². The molecule has 1 fully saturated rings. The average Bonchev–Trinajstić information content (AvgIpc) is 2.93. The zero-order valence-corrected chi connectivity index (χ0v) is 12.5. The second-order valence-electron chi connectivity index (χ2n) is 5.83. The molecule has 1 saturated heterocycles. The van der Waals surface area contributed by atoms with Crippen molar-refractivity contribution in [1.29, 1.82) is 0 Å². The molecule has 2 heterocycles. The van der Waals surface area contributed by atoms with E-state index in [4.69, 9.17) is 5.73 Å². The van der Waals surface area contributed by atoms with E-state index < -0.39 is 5.91 Å². The normalized spacial score (nSPS) is 16.3. The topological polar surface area (TPSA) is 79.2 Å². The van der Waals surface area contributed by atoms with Gasteiger partial charge in [-0.1, -0.05) is 19.6 Å². The SMILES string of the molecule is C=CC(=O)N1CC([C@H](C)c2ccc(C(N)=O)c3[nH]ccc23)C1. The summed E-state index contributed by atoms with van der Waals surface area (Å²) in [7, 11) is 0. The number of H-pyrrole nitrogens is 1. The molecule has 1 aromatic heterocycles. The summed E-state index contributed by atoms with van der Waals surface area (Å²) in [6.45, 7) is 7.16. The van der Waals surface area contributed by atoms with Crippen LogP contribution in [0, 0.1) is 5.92 Å². The molecule has 2 amide bonds. The van der Waals surface area contributed by atoms with Crippen LogP contribution in [0.1, 0.15) is 28.8 Å². The molecule has 0 aliphatic carbocycles. The van der Waals surface area contributed by atoms with Crippen molar-refractivity contribution in [2.75, 3.05) is 13.1 Å². The van der Waals surface area contributed by atoms with E-state index in [-0.39, 0.29) is 5.91 Å². The Kier molecular flexibility index (Phi) is 3.48. The Morgan fingerprint density at radius 2 is 2.14 bits per heavy atom. The summed E-state index contributed by atoms with van der Waals surface area (Å²) in [6, 6.07) is 5.72. The van der Waals surface area contributed by atoms with E-state index in [0.29, 0.717) is 17.4 Å². The van der Waals surface area contributed by atoms with Crippen molar-refractivity contribution >= 4 is 22.7 Å². The van der Waals surface area contributed by atoms with E-state index in [9.17, 15) is 9.59 Å². The second-order valence-corrected chi connectivity index (χ2v) is 5.83. The third kappa shape index (κ3) is 2.19. The number of fused-ring (bicyclic) bond motifs is 1. The highest BCUT2D eigenvalue weighted by Crippen LogP contribution is 2.36. The molecule has 0 saturated carbocycles. The predicted molar refractivity (Wildman–Crippen MR) is 85.5 cm³/mol. The molecule has 5 nitrogen and oxygen atoms in total. The van der Waals surface area contributed by atoms with E-state index in [1.54, 1.807) is 11.0 Å². The molecular formula is C17H19N3O2. The number of aromatic nitrogens is 1. The quantitative estimate of drug-likeness (QED) is 0.847. The maximum absolute atomic E-state index is 11.5. The van der Waals surface area contributed by atoms with E-state index in [2.05, 4.69) is 18.5 Å². The first-order valence-electron chi connectivity index (χ1n) is 7.34. The van der Waals surface area contributed by atoms with E-state index in [1.165, 1.54) is 11.6 Å². The molecule has 5 heteroatoms. The van der Waals surface area contributed by atoms with Crippen molar-refractivity contribution < 1.29 is 9.59 Å². The molecular weight excluding hydrogens is 278 g/mol. The molecule has 0 bridgehead atoms. The summed E-state index contributed by atoms with van der Waals surface area (Å²) in [5.41, 5.74) is 7.89. The van der Waals surface area contributed by atoms with Crippen LogP contribution in [0.5, 0.6) is 0 Å². The van der Waals surface area contributed by atoms with Gasteiger partial charge in [0.05, 0.1) is 11.1 Å². The Bertz CT molecular complexity index is 756. The molecule has 0 radical (unpaired) electrons. The number of nitrogens with zero attached hydrogens (tertiary/aromatic N) is 1. The van der Waals surface area contributed by atoms with Gasteiger partial charge in [-0.3, -0.25) is 9.59 Å². The number of likely N-dealkylation sites (tertiary alicyclic amines) is 1. The minimum atomic E-state index is -0.432. The molecule has 3 rings (SSSR count). The first kappa shape index (κ1) is 14.4. The molecule has 0 unspecified atom stereocenters. The number of nitrogens with one attached hydrogen (secondary N) is 1. The Hall–Kier alpha value is -2.56. The predicted octanol–water partition coefficient (Wildman–Crippen LogP) is 2.01. The maximum atomic E-state index is 11.5. The number of aromatic amines is 1. The molecule has 0 spiro atoms. The second kappa shape index (κ2) is 5.33. The molecule has 1 aliphatic rings. The summed E-state index contributed by atoms with van der Waals surface area (Å²) >= 11 is 0. The number of hydrogen-bond donors (Lipinski definition) is 2. The van der Waals surface area contributed by atoms with Gasteiger partial charge in [0.25, 0.3) is 5.91 Å². The summed E-state index contributed by atoms with van der Waals surface area (Å²) in [5.74, 6) is 0.271. The lowest BCUT2D eigenvalue weighted by Gasteiger charge is -2.42. The minimum absolute atomic E-state index is 0.0145. The van der Waals surface area contributed by atoms with Crippen molar-refractivity contribution in [2.45, 2.75) is 12.8 Å². The summed E-state index contributed by atoms with van der Waals surface area (Å²) in [5, 5.41) is 1.03. The Balaban J connectivity index is 1.87. The van der Waals surface area contributed by atoms with E-state index in [1.807, 2.05) is 18.3 Å². The summed E-state index contributed by atoms with van der Waals surface area (Å²) in [4.78, 5) is 27.9. The third-order valence-electron chi connectivity index (χ3n) is 4.62. The van der Waals surface area contributed by atoms with Crippen molar-refractivity contribution in [3.63, 3.8) is 0 Å². The zero-order valence-electron chi connectivity index (χ0n) is 12.5. The van der Waals surface area contributed by atoms with Crippen LogP contribution in [0.15, 0.2) is 37.1 Å². The molecule has 3 N–H and O–H groups in total. The highest BCUT2D eigenvalue weighted by molar-refractivity contribution is 6.05. The van der Waals surface area contributed by atoms with E-state index >= 15 is 0 Å². The lowest BCUT2D eigenvalue weighted by molar-refractivity contribution is -0.132. The van der Waals surface area contributed by atoms with Crippen molar-refractivity contribution in [2.24, 2.45) is 11.7 Å². The van der Waals surface area contributed by atoms with Crippen LogP contribution in [-0.4, -0.2) is 34.8 Å². The van der Waals surface area contributed by atoms with Gasteiger partial charge in [0, 0.05) is 30.6 Å². The van der Waals surface area contributed by atoms with Crippen LogP contribution in [-0.2, 0) is 4.79 Å². The number of primary amides is 1. The highest BCUT2D eigenvalue weighted by Gasteiger charge is 2.34. The number of hydrogen-bond acceptors (Lipinski definition) is 2. The molecule has 22 heavy (non-hydrogen) atoms. The summed E-state index contributed by atoms with van der Waals surface area (Å²) < 4.78 is 0. The average molecular weight is 297 g/mol. The fourth-order valence-corrected chi connectivity index (χ4v) is 3.17. The van der Waals surface area contributed by atoms with Gasteiger partial charge < -0.3 is 15.6 Å². The van der Waals surface area contributed by atoms with E-state index in [0.717, 1.165) is 24.0 Å². The first-order chi connectivity index (χ1) is 10.5. The standard InChI is InChI=1S/C17H19N3O2/c1-3-15(21)20-8-11(9-20)10(2)12-4-5-14(17(18)22)16-13(12)6-7-19-16/h3-7,10-11,19H,1,8-9H2,2H3,(H2,18,22)/t10-/m0/s1. The fourth-order valence-electron chi connectivity index (χ4n) is 3.17. The van der Waals surface area contributed by atoms with Crippen LogP contribution in [0.2, 0.25) is 0 Å². The summed E-state index contributed by atoms with van der Waals surface area (Å²) in [6.07, 6.45) is 3.18. The molecule has 1 aliphatic heterocycles. The third-order valence-corrected chi connectivity index (χ3v) is 4.62. The first-order valence-corrected chi connectivity index (χ1v) is 7.34. The number of rotatable bonds is 4. The number of nitrogens with two attached hydrogens (primary N) is 1. The molecule has 114 valence electrons. The van der Waals surface area contributed by atoms with Gasteiger partial charge >= 0.3 is 0 Å². The number of amides is 2. The number of benzene rings is 1. The number of carbonyl (C=O) groups excluding carboxylic acids is 2. The molecule has 2 aromatic rings. The van der Waals surface area contributed by atoms with Crippen LogP contribution in [0.3, 0.4) is 0 Å². The largest absolute Gasteiger partial charge is 0.366 e. The van der Waals surface area contributed by atoms with Crippen LogP contribution in [0.25, 0.3) is 10.9 Å². The zero-order chi connectivity index (χ0) is 15.9. The molecule has 1 aromatic carbocycles. The van der Waals surface area contributed by atoms with Gasteiger partial charge in [0.15, 0.2) is 0 Å². The Morgan fingerprint density at radius 3 is 2.77 bits per heavy atom. The van der Waals surface area contributed by atoms with Crippen LogP contribution < -0.4 is 5.73 Å².